The third-order valence-corrected chi connectivity index (χ3v) is 2.56. The maximum atomic E-state index is 13.7. The zero-order valence-electron chi connectivity index (χ0n) is 11.1. The molecule has 1 N–H and O–H groups in total. The van der Waals surface area contributed by atoms with Crippen molar-refractivity contribution >= 4 is 5.82 Å². The van der Waals surface area contributed by atoms with E-state index < -0.39 is 5.82 Å². The molecule has 102 valence electrons. The molecule has 20 heavy (non-hydrogen) atoms. The second-order valence-corrected chi connectivity index (χ2v) is 4.15. The molecule has 0 saturated carbocycles. The molecule has 0 amide bonds. The number of rotatable bonds is 5. The molecule has 2 rings (SSSR count). The summed E-state index contributed by atoms with van der Waals surface area (Å²) < 4.78 is 19.1. The Morgan fingerprint density at radius 2 is 2.20 bits per heavy atom. The zero-order valence-corrected chi connectivity index (χ0v) is 11.1. The van der Waals surface area contributed by atoms with Crippen molar-refractivity contribution in [1.29, 1.82) is 5.26 Å². The molecule has 2 aromatic rings. The lowest BCUT2D eigenvalue weighted by atomic mass is 10.2. The van der Waals surface area contributed by atoms with E-state index in [2.05, 4.69) is 17.2 Å². The number of nitrogens with one attached hydrogen (secondary N) is 1. The monoisotopic (exact) mass is 271 g/mol. The standard InChI is InChI=1S/C15H14FN3O/c1-2-8-18-14-4-3-5-15(19-14)20-13-7-6-11(10-17)9-12(13)16/h3-7,9H,2,8H2,1H3,(H,18,19). The van der Waals surface area contributed by atoms with Crippen molar-refractivity contribution in [2.45, 2.75) is 13.3 Å². The highest BCUT2D eigenvalue weighted by molar-refractivity contribution is 5.40. The van der Waals surface area contributed by atoms with Crippen LogP contribution >= 0.6 is 0 Å². The minimum absolute atomic E-state index is 0.0455. The van der Waals surface area contributed by atoms with Crippen LogP contribution in [0.2, 0.25) is 0 Å². The van der Waals surface area contributed by atoms with Gasteiger partial charge in [0.25, 0.3) is 0 Å². The van der Waals surface area contributed by atoms with Crippen LogP contribution < -0.4 is 10.1 Å². The van der Waals surface area contributed by atoms with Gasteiger partial charge in [-0.05, 0) is 30.7 Å². The molecule has 0 saturated heterocycles. The minimum Gasteiger partial charge on any atom is -0.436 e. The summed E-state index contributed by atoms with van der Waals surface area (Å²) in [5.41, 5.74) is 0.251. The number of ether oxygens (including phenoxy) is 1. The van der Waals surface area contributed by atoms with Gasteiger partial charge in [0, 0.05) is 12.6 Å². The van der Waals surface area contributed by atoms with E-state index in [4.69, 9.17) is 10.00 Å². The van der Waals surface area contributed by atoms with Crippen molar-refractivity contribution in [3.63, 3.8) is 0 Å². The van der Waals surface area contributed by atoms with E-state index in [9.17, 15) is 4.39 Å². The topological polar surface area (TPSA) is 57.9 Å². The molecular weight excluding hydrogens is 257 g/mol. The molecule has 0 atom stereocenters. The fourth-order valence-electron chi connectivity index (χ4n) is 1.59. The Hall–Kier alpha value is -2.61. The van der Waals surface area contributed by atoms with Gasteiger partial charge in [-0.2, -0.15) is 10.2 Å². The Balaban J connectivity index is 2.15. The number of anilines is 1. The van der Waals surface area contributed by atoms with E-state index in [-0.39, 0.29) is 11.3 Å². The summed E-state index contributed by atoms with van der Waals surface area (Å²) in [6, 6.07) is 11.2. The van der Waals surface area contributed by atoms with Crippen molar-refractivity contribution in [3.05, 3.63) is 47.8 Å². The molecular formula is C15H14FN3O. The van der Waals surface area contributed by atoms with Crippen molar-refractivity contribution < 1.29 is 9.13 Å². The largest absolute Gasteiger partial charge is 0.436 e. The van der Waals surface area contributed by atoms with Crippen LogP contribution in [-0.2, 0) is 0 Å². The quantitative estimate of drug-likeness (QED) is 0.900. The fourth-order valence-corrected chi connectivity index (χ4v) is 1.59. The van der Waals surface area contributed by atoms with E-state index >= 15 is 0 Å². The molecule has 0 unspecified atom stereocenters. The summed E-state index contributed by atoms with van der Waals surface area (Å²) in [4.78, 5) is 4.22. The van der Waals surface area contributed by atoms with Gasteiger partial charge in [0.15, 0.2) is 11.6 Å². The van der Waals surface area contributed by atoms with E-state index in [1.54, 1.807) is 12.1 Å². The number of hydrogen-bond acceptors (Lipinski definition) is 4. The fraction of sp³-hybridized carbons (Fsp3) is 0.200. The highest BCUT2D eigenvalue weighted by Crippen LogP contribution is 2.24. The van der Waals surface area contributed by atoms with Gasteiger partial charge in [-0.25, -0.2) is 4.39 Å². The first-order chi connectivity index (χ1) is 9.72. The molecule has 1 aromatic heterocycles. The van der Waals surface area contributed by atoms with Crippen LogP contribution in [0.1, 0.15) is 18.9 Å². The number of hydrogen-bond donors (Lipinski definition) is 1. The molecule has 0 aliphatic carbocycles. The van der Waals surface area contributed by atoms with Crippen molar-refractivity contribution in [3.8, 4) is 17.7 Å². The van der Waals surface area contributed by atoms with Crippen LogP contribution in [0.5, 0.6) is 11.6 Å². The van der Waals surface area contributed by atoms with Gasteiger partial charge < -0.3 is 10.1 Å². The Kier molecular flexibility index (Phi) is 4.51. The Labute approximate surface area is 116 Å². The maximum Gasteiger partial charge on any atom is 0.221 e. The normalized spacial score (nSPS) is 9.85. The smallest absolute Gasteiger partial charge is 0.221 e. The van der Waals surface area contributed by atoms with Gasteiger partial charge in [0.1, 0.15) is 5.82 Å². The average molecular weight is 271 g/mol. The number of pyridine rings is 1. The summed E-state index contributed by atoms with van der Waals surface area (Å²) in [5.74, 6) is 0.440. The lowest BCUT2D eigenvalue weighted by molar-refractivity contribution is 0.428. The third kappa shape index (κ3) is 3.45. The number of benzene rings is 1. The van der Waals surface area contributed by atoms with Gasteiger partial charge in [0.05, 0.1) is 11.6 Å². The molecule has 1 aromatic carbocycles. The predicted molar refractivity (Wildman–Crippen MR) is 74.2 cm³/mol. The van der Waals surface area contributed by atoms with Crippen LogP contribution in [0.25, 0.3) is 0 Å². The van der Waals surface area contributed by atoms with E-state index in [1.807, 2.05) is 12.1 Å². The lowest BCUT2D eigenvalue weighted by Crippen LogP contribution is -2.02. The Morgan fingerprint density at radius 1 is 1.35 bits per heavy atom. The van der Waals surface area contributed by atoms with Crippen LogP contribution in [0.15, 0.2) is 36.4 Å². The van der Waals surface area contributed by atoms with Gasteiger partial charge in [0.2, 0.25) is 5.88 Å². The number of halogens is 1. The lowest BCUT2D eigenvalue weighted by Gasteiger charge is -2.08. The van der Waals surface area contributed by atoms with Gasteiger partial charge in [-0.3, -0.25) is 0 Å². The molecule has 1 heterocycles. The van der Waals surface area contributed by atoms with Crippen molar-refractivity contribution in [2.24, 2.45) is 0 Å². The zero-order chi connectivity index (χ0) is 14.4. The molecule has 0 aliphatic rings. The van der Waals surface area contributed by atoms with Gasteiger partial charge >= 0.3 is 0 Å². The van der Waals surface area contributed by atoms with E-state index in [1.165, 1.54) is 12.1 Å². The Bertz CT molecular complexity index is 637. The van der Waals surface area contributed by atoms with Crippen LogP contribution in [0, 0.1) is 17.1 Å². The van der Waals surface area contributed by atoms with Crippen LogP contribution in [0.3, 0.4) is 0 Å². The highest BCUT2D eigenvalue weighted by atomic mass is 19.1. The summed E-state index contributed by atoms with van der Waals surface area (Å²) in [6.07, 6.45) is 0.983. The van der Waals surface area contributed by atoms with Crippen molar-refractivity contribution in [2.75, 3.05) is 11.9 Å². The van der Waals surface area contributed by atoms with Crippen LogP contribution in [-0.4, -0.2) is 11.5 Å². The predicted octanol–water partition coefficient (Wildman–Crippen LogP) is 3.71. The highest BCUT2D eigenvalue weighted by Gasteiger charge is 2.07. The average Bonchev–Trinajstić information content (AvgIpc) is 2.47. The molecule has 0 bridgehead atoms. The van der Waals surface area contributed by atoms with Crippen LogP contribution in [0.4, 0.5) is 10.2 Å². The SMILES string of the molecule is CCCNc1cccc(Oc2ccc(C#N)cc2F)n1. The maximum absolute atomic E-state index is 13.7. The first-order valence-corrected chi connectivity index (χ1v) is 6.31. The van der Waals surface area contributed by atoms with E-state index in [0.717, 1.165) is 19.0 Å². The first-order valence-electron chi connectivity index (χ1n) is 6.31. The molecule has 0 fully saturated rings. The second-order valence-electron chi connectivity index (χ2n) is 4.15. The van der Waals surface area contributed by atoms with Gasteiger partial charge in [-0.1, -0.05) is 13.0 Å². The third-order valence-electron chi connectivity index (χ3n) is 2.56. The number of aromatic nitrogens is 1. The van der Waals surface area contributed by atoms with Gasteiger partial charge in [-0.15, -0.1) is 0 Å². The number of nitrogens with zero attached hydrogens (tertiary/aromatic N) is 2. The molecule has 5 heteroatoms. The molecule has 0 spiro atoms. The molecule has 4 nitrogen and oxygen atoms in total. The Morgan fingerprint density at radius 3 is 2.90 bits per heavy atom. The number of nitriles is 1. The summed E-state index contributed by atoms with van der Waals surface area (Å²) in [5, 5.41) is 11.8. The second kappa shape index (κ2) is 6.53. The van der Waals surface area contributed by atoms with E-state index in [0.29, 0.717) is 11.7 Å². The molecule has 0 aliphatic heterocycles. The van der Waals surface area contributed by atoms with Crippen molar-refractivity contribution in [1.82, 2.24) is 4.98 Å². The summed E-state index contributed by atoms with van der Waals surface area (Å²) >= 11 is 0. The minimum atomic E-state index is -0.585. The summed E-state index contributed by atoms with van der Waals surface area (Å²) in [6.45, 7) is 2.86. The molecule has 0 radical (unpaired) electrons. The first kappa shape index (κ1) is 13.8. The summed E-state index contributed by atoms with van der Waals surface area (Å²) in [7, 11) is 0.